The fourth-order valence-corrected chi connectivity index (χ4v) is 3.17. The average Bonchev–Trinajstić information content (AvgIpc) is 3.20. The van der Waals surface area contributed by atoms with Crippen molar-refractivity contribution in [2.24, 2.45) is 5.73 Å². The lowest BCUT2D eigenvalue weighted by atomic mass is 9.96. The topological polar surface area (TPSA) is 109 Å². The van der Waals surface area contributed by atoms with Crippen LogP contribution in [0.5, 0.6) is 0 Å². The Bertz CT molecular complexity index is 591. The van der Waals surface area contributed by atoms with Crippen molar-refractivity contribution in [1.29, 1.82) is 0 Å². The summed E-state index contributed by atoms with van der Waals surface area (Å²) < 4.78 is 26.3. The largest absolute Gasteiger partial charge is 0.481 e. The van der Waals surface area contributed by atoms with Gasteiger partial charge in [0.25, 0.3) is 0 Å². The SMILES string of the molecule is NCCCNS(=O)(=O)c1ccc(C2(C(=O)O)CC2)cc1. The van der Waals surface area contributed by atoms with Crippen molar-refractivity contribution in [2.75, 3.05) is 13.1 Å². The van der Waals surface area contributed by atoms with Gasteiger partial charge in [0.2, 0.25) is 10.0 Å². The van der Waals surface area contributed by atoms with E-state index in [2.05, 4.69) is 4.72 Å². The summed E-state index contributed by atoms with van der Waals surface area (Å²) in [6, 6.07) is 6.06. The van der Waals surface area contributed by atoms with Gasteiger partial charge in [0.05, 0.1) is 10.3 Å². The van der Waals surface area contributed by atoms with Crippen molar-refractivity contribution in [3.05, 3.63) is 29.8 Å². The Hall–Kier alpha value is -1.44. The molecule has 4 N–H and O–H groups in total. The van der Waals surface area contributed by atoms with Crippen LogP contribution in [-0.2, 0) is 20.2 Å². The Labute approximate surface area is 118 Å². The van der Waals surface area contributed by atoms with Crippen molar-refractivity contribution < 1.29 is 18.3 Å². The van der Waals surface area contributed by atoms with Crippen LogP contribution in [0, 0.1) is 0 Å². The number of rotatable bonds is 7. The van der Waals surface area contributed by atoms with Gasteiger partial charge >= 0.3 is 5.97 Å². The molecule has 0 amide bonds. The van der Waals surface area contributed by atoms with E-state index in [0.717, 1.165) is 0 Å². The number of hydrogen-bond donors (Lipinski definition) is 3. The molecule has 0 saturated heterocycles. The van der Waals surface area contributed by atoms with E-state index in [1.165, 1.54) is 12.1 Å². The zero-order valence-electron chi connectivity index (χ0n) is 11.0. The highest BCUT2D eigenvalue weighted by atomic mass is 32.2. The van der Waals surface area contributed by atoms with Crippen LogP contribution in [0.4, 0.5) is 0 Å². The Kier molecular flexibility index (Phi) is 4.12. The minimum Gasteiger partial charge on any atom is -0.481 e. The van der Waals surface area contributed by atoms with E-state index < -0.39 is 21.4 Å². The maximum absolute atomic E-state index is 11.9. The molecule has 0 radical (unpaired) electrons. The van der Waals surface area contributed by atoms with Crippen molar-refractivity contribution in [3.63, 3.8) is 0 Å². The lowest BCUT2D eigenvalue weighted by Crippen LogP contribution is -2.26. The van der Waals surface area contributed by atoms with E-state index in [9.17, 15) is 18.3 Å². The van der Waals surface area contributed by atoms with Crippen molar-refractivity contribution in [2.45, 2.75) is 29.6 Å². The molecule has 20 heavy (non-hydrogen) atoms. The smallest absolute Gasteiger partial charge is 0.314 e. The molecule has 0 aromatic heterocycles. The normalized spacial score (nSPS) is 16.9. The monoisotopic (exact) mass is 298 g/mol. The summed E-state index contributed by atoms with van der Waals surface area (Å²) in [6.45, 7) is 0.711. The molecule has 1 fully saturated rings. The third kappa shape index (κ3) is 2.84. The highest BCUT2D eigenvalue weighted by Crippen LogP contribution is 2.48. The summed E-state index contributed by atoms with van der Waals surface area (Å²) in [7, 11) is -3.55. The molecule has 0 heterocycles. The molecule has 0 spiro atoms. The molecular formula is C13H18N2O4S. The van der Waals surface area contributed by atoms with Gasteiger partial charge in [0.1, 0.15) is 0 Å². The Morgan fingerprint density at radius 1 is 1.30 bits per heavy atom. The van der Waals surface area contributed by atoms with E-state index in [0.29, 0.717) is 37.9 Å². The van der Waals surface area contributed by atoms with Crippen LogP contribution in [0.15, 0.2) is 29.2 Å². The summed E-state index contributed by atoms with van der Waals surface area (Å²) in [5, 5.41) is 9.19. The van der Waals surface area contributed by atoms with Crippen molar-refractivity contribution >= 4 is 16.0 Å². The van der Waals surface area contributed by atoms with E-state index in [1.807, 2.05) is 0 Å². The molecule has 1 aromatic carbocycles. The maximum atomic E-state index is 11.9. The zero-order chi connectivity index (χ0) is 14.8. The van der Waals surface area contributed by atoms with Crippen LogP contribution in [0.1, 0.15) is 24.8 Å². The molecule has 0 aliphatic heterocycles. The van der Waals surface area contributed by atoms with Crippen molar-refractivity contribution in [1.82, 2.24) is 4.72 Å². The summed E-state index contributed by atoms with van der Waals surface area (Å²) in [5.41, 5.74) is 5.16. The van der Waals surface area contributed by atoms with Gasteiger partial charge in [-0.25, -0.2) is 13.1 Å². The van der Waals surface area contributed by atoms with E-state index in [1.54, 1.807) is 12.1 Å². The van der Waals surface area contributed by atoms with Gasteiger partial charge in [0.15, 0.2) is 0 Å². The van der Waals surface area contributed by atoms with Crippen LogP contribution in [-0.4, -0.2) is 32.6 Å². The average molecular weight is 298 g/mol. The van der Waals surface area contributed by atoms with Crippen LogP contribution >= 0.6 is 0 Å². The molecule has 7 heteroatoms. The molecule has 1 aliphatic carbocycles. The second-order valence-electron chi connectivity index (χ2n) is 4.95. The molecule has 1 aliphatic rings. The first-order chi connectivity index (χ1) is 9.42. The number of sulfonamides is 1. The number of nitrogens with two attached hydrogens (primary N) is 1. The van der Waals surface area contributed by atoms with Crippen LogP contribution in [0.3, 0.4) is 0 Å². The van der Waals surface area contributed by atoms with Gasteiger partial charge in [0, 0.05) is 6.54 Å². The third-order valence-corrected chi connectivity index (χ3v) is 5.03. The fraction of sp³-hybridized carbons (Fsp3) is 0.462. The highest BCUT2D eigenvalue weighted by Gasteiger charge is 2.51. The van der Waals surface area contributed by atoms with E-state index in [-0.39, 0.29) is 4.90 Å². The van der Waals surface area contributed by atoms with E-state index in [4.69, 9.17) is 5.73 Å². The lowest BCUT2D eigenvalue weighted by molar-refractivity contribution is -0.140. The second-order valence-corrected chi connectivity index (χ2v) is 6.72. The molecule has 2 rings (SSSR count). The molecule has 0 unspecified atom stereocenters. The van der Waals surface area contributed by atoms with Crippen molar-refractivity contribution in [3.8, 4) is 0 Å². The number of hydrogen-bond acceptors (Lipinski definition) is 4. The minimum atomic E-state index is -3.55. The highest BCUT2D eigenvalue weighted by molar-refractivity contribution is 7.89. The number of nitrogens with one attached hydrogen (secondary N) is 1. The number of carboxylic acids is 1. The van der Waals surface area contributed by atoms with Gasteiger partial charge in [-0.2, -0.15) is 0 Å². The number of benzene rings is 1. The van der Waals surface area contributed by atoms with Gasteiger partial charge in [-0.15, -0.1) is 0 Å². The third-order valence-electron chi connectivity index (χ3n) is 3.55. The molecule has 1 saturated carbocycles. The fourth-order valence-electron chi connectivity index (χ4n) is 2.10. The predicted molar refractivity (Wildman–Crippen MR) is 73.8 cm³/mol. The number of carbonyl (C=O) groups is 1. The Morgan fingerprint density at radius 3 is 2.35 bits per heavy atom. The van der Waals surface area contributed by atoms with Gasteiger partial charge in [-0.1, -0.05) is 12.1 Å². The molecule has 110 valence electrons. The van der Waals surface area contributed by atoms with Crippen LogP contribution in [0.2, 0.25) is 0 Å². The number of carboxylic acid groups (broad SMARTS) is 1. The van der Waals surface area contributed by atoms with Gasteiger partial charge in [-0.3, -0.25) is 4.79 Å². The molecule has 0 atom stereocenters. The Balaban J connectivity index is 2.14. The molecular weight excluding hydrogens is 280 g/mol. The van der Waals surface area contributed by atoms with Gasteiger partial charge in [-0.05, 0) is 43.5 Å². The van der Waals surface area contributed by atoms with Crippen LogP contribution in [0.25, 0.3) is 0 Å². The molecule has 1 aromatic rings. The standard InChI is InChI=1S/C13H18N2O4S/c14-8-1-9-15-20(18,19)11-4-2-10(3-5-11)13(6-7-13)12(16)17/h2-5,15H,1,6-9,14H2,(H,16,17). The zero-order valence-corrected chi connectivity index (χ0v) is 11.8. The number of aliphatic carboxylic acids is 1. The summed E-state index contributed by atoms with van der Waals surface area (Å²) >= 11 is 0. The van der Waals surface area contributed by atoms with E-state index >= 15 is 0 Å². The maximum Gasteiger partial charge on any atom is 0.314 e. The summed E-state index contributed by atoms with van der Waals surface area (Å²) in [4.78, 5) is 11.3. The predicted octanol–water partition coefficient (Wildman–Crippen LogP) is 0.430. The summed E-state index contributed by atoms with van der Waals surface area (Å²) in [5.74, 6) is -0.853. The summed E-state index contributed by atoms with van der Waals surface area (Å²) in [6.07, 6.45) is 1.77. The second kappa shape index (κ2) is 5.51. The first-order valence-electron chi connectivity index (χ1n) is 6.46. The first-order valence-corrected chi connectivity index (χ1v) is 7.94. The molecule has 0 bridgehead atoms. The lowest BCUT2D eigenvalue weighted by Gasteiger charge is -2.11. The minimum absolute atomic E-state index is 0.138. The Morgan fingerprint density at radius 2 is 1.90 bits per heavy atom. The van der Waals surface area contributed by atoms with Crippen LogP contribution < -0.4 is 10.5 Å². The van der Waals surface area contributed by atoms with Gasteiger partial charge < -0.3 is 10.8 Å². The quantitative estimate of drug-likeness (QED) is 0.632. The molecule has 6 nitrogen and oxygen atoms in total. The first kappa shape index (κ1) is 15.0.